The molecule has 2 rings (SSSR count). The summed E-state index contributed by atoms with van der Waals surface area (Å²) in [6.45, 7) is 1.97. The van der Waals surface area contributed by atoms with Gasteiger partial charge >= 0.3 is 0 Å². The van der Waals surface area contributed by atoms with Crippen LogP contribution in [0.15, 0.2) is 34.2 Å². The highest BCUT2D eigenvalue weighted by atomic mass is 79.9. The number of hydrogen-bond acceptors (Lipinski definition) is 3. The molecule has 2 heterocycles. The van der Waals surface area contributed by atoms with Gasteiger partial charge in [0.15, 0.2) is 0 Å². The zero-order valence-corrected chi connectivity index (χ0v) is 10.4. The van der Waals surface area contributed by atoms with Crippen LogP contribution in [0, 0.1) is 6.92 Å². The molecule has 2 aromatic heterocycles. The van der Waals surface area contributed by atoms with Gasteiger partial charge in [0.2, 0.25) is 5.78 Å². The average molecular weight is 282 g/mol. The molecule has 0 spiro atoms. The molecule has 2 nitrogen and oxygen atoms in total. The maximum atomic E-state index is 11.9. The minimum absolute atomic E-state index is 0.0191. The molecule has 76 valence electrons. The van der Waals surface area contributed by atoms with E-state index < -0.39 is 0 Å². The third-order valence-electron chi connectivity index (χ3n) is 1.98. The van der Waals surface area contributed by atoms with Crippen LogP contribution in [0.4, 0.5) is 0 Å². The zero-order valence-electron chi connectivity index (χ0n) is 8.03. The smallest absolute Gasteiger partial charge is 0.221 e. The lowest BCUT2D eigenvalue weighted by Crippen LogP contribution is -2.00. The number of pyridine rings is 1. The minimum atomic E-state index is -0.0191. The Kier molecular flexibility index (Phi) is 2.98. The Bertz CT molecular complexity index is 473. The van der Waals surface area contributed by atoms with Crippen molar-refractivity contribution in [1.82, 2.24) is 4.98 Å². The molecule has 0 aliphatic heterocycles. The second-order valence-electron chi connectivity index (χ2n) is 3.11. The van der Waals surface area contributed by atoms with E-state index in [2.05, 4.69) is 20.9 Å². The molecular weight excluding hydrogens is 274 g/mol. The normalized spacial score (nSPS) is 10.3. The Hall–Kier alpha value is -1.000. The zero-order chi connectivity index (χ0) is 10.8. The number of nitrogens with zero attached hydrogens (tertiary/aromatic N) is 1. The van der Waals surface area contributed by atoms with E-state index in [9.17, 15) is 4.79 Å². The molecule has 0 unspecified atom stereocenters. The Morgan fingerprint density at radius 3 is 2.80 bits per heavy atom. The molecule has 0 aromatic carbocycles. The maximum Gasteiger partial charge on any atom is 0.221 e. The molecule has 0 N–H and O–H groups in total. The van der Waals surface area contributed by atoms with Crippen molar-refractivity contribution in [2.24, 2.45) is 0 Å². The van der Waals surface area contributed by atoms with Crippen LogP contribution in [0.2, 0.25) is 0 Å². The van der Waals surface area contributed by atoms with Crippen molar-refractivity contribution in [3.05, 3.63) is 50.4 Å². The minimum Gasteiger partial charge on any atom is -0.286 e. The van der Waals surface area contributed by atoms with Crippen LogP contribution in [-0.2, 0) is 0 Å². The lowest BCUT2D eigenvalue weighted by molar-refractivity contribution is 0.103. The Morgan fingerprint density at radius 1 is 1.47 bits per heavy atom. The number of rotatable bonds is 2. The van der Waals surface area contributed by atoms with E-state index in [-0.39, 0.29) is 5.78 Å². The number of carbonyl (C=O) groups is 1. The summed E-state index contributed by atoms with van der Waals surface area (Å²) in [7, 11) is 0. The highest BCUT2D eigenvalue weighted by molar-refractivity contribution is 9.11. The van der Waals surface area contributed by atoms with Gasteiger partial charge in [-0.15, -0.1) is 11.3 Å². The van der Waals surface area contributed by atoms with E-state index in [1.807, 2.05) is 19.1 Å². The number of aromatic nitrogens is 1. The fourth-order valence-electron chi connectivity index (χ4n) is 1.20. The molecule has 2 aromatic rings. The van der Waals surface area contributed by atoms with Gasteiger partial charge < -0.3 is 0 Å². The summed E-state index contributed by atoms with van der Waals surface area (Å²) < 4.78 is 1.00. The van der Waals surface area contributed by atoms with Crippen LogP contribution < -0.4 is 0 Å². The molecule has 0 saturated carbocycles. The maximum absolute atomic E-state index is 11.9. The molecule has 15 heavy (non-hydrogen) atoms. The van der Waals surface area contributed by atoms with Crippen molar-refractivity contribution in [1.29, 1.82) is 0 Å². The largest absolute Gasteiger partial charge is 0.286 e. The summed E-state index contributed by atoms with van der Waals surface area (Å²) in [5.41, 5.74) is 1.57. The number of aryl methyl sites for hydroxylation is 1. The van der Waals surface area contributed by atoms with E-state index in [1.54, 1.807) is 18.3 Å². The number of ketones is 1. The van der Waals surface area contributed by atoms with E-state index >= 15 is 0 Å². The molecule has 0 atom stereocenters. The van der Waals surface area contributed by atoms with Gasteiger partial charge in [0.25, 0.3) is 0 Å². The van der Waals surface area contributed by atoms with Crippen LogP contribution in [0.25, 0.3) is 0 Å². The number of carbonyl (C=O) groups excluding carboxylic acids is 1. The molecule has 0 saturated heterocycles. The highest BCUT2D eigenvalue weighted by Gasteiger charge is 2.13. The molecule has 0 bridgehead atoms. The monoisotopic (exact) mass is 281 g/mol. The van der Waals surface area contributed by atoms with Crippen LogP contribution in [0.5, 0.6) is 0 Å². The van der Waals surface area contributed by atoms with Gasteiger partial charge in [-0.3, -0.25) is 9.78 Å². The molecule has 0 aliphatic rings. The van der Waals surface area contributed by atoms with Gasteiger partial charge in [0.05, 0.1) is 8.66 Å². The lowest BCUT2D eigenvalue weighted by atomic mass is 10.2. The average Bonchev–Trinajstić information content (AvgIpc) is 2.59. The molecule has 0 fully saturated rings. The summed E-state index contributed by atoms with van der Waals surface area (Å²) in [5, 5.41) is 0. The van der Waals surface area contributed by atoms with Crippen molar-refractivity contribution in [3.8, 4) is 0 Å². The fourth-order valence-corrected chi connectivity index (χ4v) is 2.68. The van der Waals surface area contributed by atoms with Gasteiger partial charge in [-0.2, -0.15) is 0 Å². The number of halogens is 1. The Balaban J connectivity index is 2.37. The molecule has 4 heteroatoms. The van der Waals surface area contributed by atoms with E-state index in [0.717, 1.165) is 14.2 Å². The Morgan fingerprint density at radius 2 is 2.27 bits per heavy atom. The molecule has 0 radical (unpaired) electrons. The quantitative estimate of drug-likeness (QED) is 0.790. The second kappa shape index (κ2) is 4.24. The highest BCUT2D eigenvalue weighted by Crippen LogP contribution is 2.28. The van der Waals surface area contributed by atoms with E-state index in [4.69, 9.17) is 0 Å². The van der Waals surface area contributed by atoms with Crippen LogP contribution >= 0.6 is 27.3 Å². The van der Waals surface area contributed by atoms with Crippen molar-refractivity contribution in [2.75, 3.05) is 0 Å². The fraction of sp³-hybridized carbons (Fsp3) is 0.0909. The number of thiophene rings is 1. The molecule has 0 aliphatic carbocycles. The van der Waals surface area contributed by atoms with E-state index in [0.29, 0.717) is 5.69 Å². The van der Waals surface area contributed by atoms with E-state index in [1.165, 1.54) is 11.3 Å². The first-order chi connectivity index (χ1) is 7.18. The van der Waals surface area contributed by atoms with Crippen molar-refractivity contribution in [3.63, 3.8) is 0 Å². The summed E-state index contributed by atoms with van der Waals surface area (Å²) in [6.07, 6.45) is 1.63. The van der Waals surface area contributed by atoms with Crippen LogP contribution in [0.1, 0.15) is 20.9 Å². The topological polar surface area (TPSA) is 30.0 Å². The second-order valence-corrected chi connectivity index (χ2v) is 5.48. The molecular formula is C11H8BrNOS. The molecule has 0 amide bonds. The Labute approximate surface area is 100 Å². The van der Waals surface area contributed by atoms with Gasteiger partial charge in [0, 0.05) is 6.20 Å². The van der Waals surface area contributed by atoms with Crippen molar-refractivity contribution in [2.45, 2.75) is 6.92 Å². The summed E-state index contributed by atoms with van der Waals surface area (Å²) in [4.78, 5) is 16.7. The standard InChI is InChI=1S/C11H8BrNOS/c1-7-6-9(15-11(7)12)10(14)8-4-2-3-5-13-8/h2-6H,1H3. The lowest BCUT2D eigenvalue weighted by Gasteiger charge is -1.94. The van der Waals surface area contributed by atoms with Gasteiger partial charge in [0.1, 0.15) is 5.69 Å². The summed E-state index contributed by atoms with van der Waals surface area (Å²) in [5.74, 6) is -0.0191. The predicted octanol–water partition coefficient (Wildman–Crippen LogP) is 3.45. The third kappa shape index (κ3) is 2.16. The van der Waals surface area contributed by atoms with Crippen molar-refractivity contribution >= 4 is 33.0 Å². The van der Waals surface area contributed by atoms with Gasteiger partial charge in [-0.05, 0) is 46.6 Å². The predicted molar refractivity (Wildman–Crippen MR) is 64.4 cm³/mol. The van der Waals surface area contributed by atoms with Gasteiger partial charge in [-0.25, -0.2) is 0 Å². The first kappa shape index (κ1) is 10.5. The summed E-state index contributed by atoms with van der Waals surface area (Å²) in [6, 6.07) is 7.22. The third-order valence-corrected chi connectivity index (χ3v) is 4.11. The van der Waals surface area contributed by atoms with Crippen LogP contribution in [-0.4, -0.2) is 10.8 Å². The SMILES string of the molecule is Cc1cc(C(=O)c2ccccn2)sc1Br. The first-order valence-corrected chi connectivity index (χ1v) is 6.01. The van der Waals surface area contributed by atoms with Gasteiger partial charge in [-0.1, -0.05) is 6.07 Å². The first-order valence-electron chi connectivity index (χ1n) is 4.40. The summed E-state index contributed by atoms with van der Waals surface area (Å²) >= 11 is 4.85. The number of hydrogen-bond donors (Lipinski definition) is 0. The van der Waals surface area contributed by atoms with Crippen molar-refractivity contribution < 1.29 is 4.79 Å². The van der Waals surface area contributed by atoms with Crippen LogP contribution in [0.3, 0.4) is 0 Å².